The zero-order valence-electron chi connectivity index (χ0n) is 29.6. The summed E-state index contributed by atoms with van der Waals surface area (Å²) >= 11 is 0. The van der Waals surface area contributed by atoms with Gasteiger partial charge in [-0.2, -0.15) is 0 Å². The lowest BCUT2D eigenvalue weighted by Gasteiger charge is -2.38. The number of nitrogens with one attached hydrogen (secondary N) is 1. The molecular weight excluding hydrogens is 664 g/mol. The number of amides is 3. The zero-order valence-corrected chi connectivity index (χ0v) is 30.5. The molecular formula is C37H47FN3O8P. The molecule has 2 fully saturated rings. The Morgan fingerprint density at radius 2 is 1.42 bits per heavy atom. The fourth-order valence-electron chi connectivity index (χ4n) is 6.58. The van der Waals surface area contributed by atoms with Crippen LogP contribution in [0.4, 0.5) is 9.18 Å². The Morgan fingerprint density at radius 3 is 1.90 bits per heavy atom. The van der Waals surface area contributed by atoms with Gasteiger partial charge in [-0.15, -0.1) is 0 Å². The maximum atomic E-state index is 16.8. The van der Waals surface area contributed by atoms with Gasteiger partial charge in [-0.05, 0) is 68.7 Å². The molecule has 270 valence electrons. The molecule has 0 bridgehead atoms. The minimum atomic E-state index is -1.78. The lowest BCUT2D eigenvalue weighted by atomic mass is 9.80. The average Bonchev–Trinajstić information content (AvgIpc) is 3.42. The van der Waals surface area contributed by atoms with Crippen molar-refractivity contribution in [2.24, 2.45) is 0 Å². The summed E-state index contributed by atoms with van der Waals surface area (Å²) in [7, 11) is 3.00. The first-order chi connectivity index (χ1) is 24.0. The van der Waals surface area contributed by atoms with Crippen LogP contribution in [0.3, 0.4) is 0 Å². The average molecular weight is 712 g/mol. The summed E-state index contributed by atoms with van der Waals surface area (Å²) in [6, 6.07) is 24.3. The fraction of sp³-hybridized carbons (Fsp3) is 0.459. The third-order valence-electron chi connectivity index (χ3n) is 8.91. The SMILES string of the molecule is COc1ccc(C(OC[C@H]2O[C@@H](N3CCC(=O)NC3=O)[C@H](F)[C@@H]2OP(OC)N(C(C)C)C(C)C)(c2ccccc2)c2ccc(OC)cc2)cc1. The van der Waals surface area contributed by atoms with Crippen LogP contribution in [0.1, 0.15) is 50.8 Å². The van der Waals surface area contributed by atoms with Crippen molar-refractivity contribution in [1.82, 2.24) is 14.9 Å². The molecule has 1 N–H and O–H groups in total. The number of halogens is 1. The van der Waals surface area contributed by atoms with Crippen LogP contribution in [0.15, 0.2) is 78.9 Å². The van der Waals surface area contributed by atoms with E-state index in [0.717, 1.165) is 16.7 Å². The van der Waals surface area contributed by atoms with Crippen LogP contribution in [0, 0.1) is 0 Å². The number of hydrogen-bond acceptors (Lipinski definition) is 9. The van der Waals surface area contributed by atoms with Crippen LogP contribution in [0.25, 0.3) is 0 Å². The summed E-state index contributed by atoms with van der Waals surface area (Å²) in [6.45, 7) is 7.95. The lowest BCUT2D eigenvalue weighted by molar-refractivity contribution is -0.126. The van der Waals surface area contributed by atoms with E-state index in [2.05, 4.69) is 5.32 Å². The minimum absolute atomic E-state index is 0.00481. The highest BCUT2D eigenvalue weighted by Crippen LogP contribution is 2.50. The molecule has 13 heteroatoms. The first kappa shape index (κ1) is 37.6. The number of urea groups is 1. The number of imide groups is 1. The van der Waals surface area contributed by atoms with E-state index in [1.54, 1.807) is 14.2 Å². The molecule has 5 atom stereocenters. The van der Waals surface area contributed by atoms with Gasteiger partial charge in [-0.1, -0.05) is 54.6 Å². The summed E-state index contributed by atoms with van der Waals surface area (Å²) in [5, 5.41) is 2.28. The third kappa shape index (κ3) is 7.81. The second-order valence-electron chi connectivity index (χ2n) is 12.7. The summed E-state index contributed by atoms with van der Waals surface area (Å²) < 4.78 is 55.6. The molecule has 0 aliphatic carbocycles. The summed E-state index contributed by atoms with van der Waals surface area (Å²) in [6.07, 6.45) is -5.25. The molecule has 2 saturated heterocycles. The molecule has 2 aliphatic rings. The van der Waals surface area contributed by atoms with Crippen LogP contribution in [-0.2, 0) is 28.9 Å². The van der Waals surface area contributed by atoms with Gasteiger partial charge in [0.15, 0.2) is 12.4 Å². The van der Waals surface area contributed by atoms with Crippen LogP contribution in [0.2, 0.25) is 0 Å². The molecule has 0 spiro atoms. The molecule has 2 heterocycles. The number of alkyl halides is 1. The maximum absolute atomic E-state index is 16.8. The molecule has 5 rings (SSSR count). The highest BCUT2D eigenvalue weighted by atomic mass is 31.2. The van der Waals surface area contributed by atoms with E-state index >= 15 is 4.39 Å². The Bertz CT molecular complexity index is 1510. The van der Waals surface area contributed by atoms with Crippen molar-refractivity contribution >= 4 is 20.5 Å². The lowest BCUT2D eigenvalue weighted by Crippen LogP contribution is -2.56. The van der Waals surface area contributed by atoms with Crippen LogP contribution < -0.4 is 14.8 Å². The monoisotopic (exact) mass is 711 g/mol. The van der Waals surface area contributed by atoms with E-state index < -0.39 is 50.7 Å². The van der Waals surface area contributed by atoms with Crippen molar-refractivity contribution in [2.75, 3.05) is 34.5 Å². The van der Waals surface area contributed by atoms with Gasteiger partial charge in [0, 0.05) is 32.2 Å². The maximum Gasteiger partial charge on any atom is 0.326 e. The third-order valence-corrected chi connectivity index (χ3v) is 11.0. The van der Waals surface area contributed by atoms with E-state index in [4.69, 9.17) is 28.0 Å². The second-order valence-corrected chi connectivity index (χ2v) is 14.2. The predicted octanol–water partition coefficient (Wildman–Crippen LogP) is 6.39. The Morgan fingerprint density at radius 1 is 0.880 bits per heavy atom. The van der Waals surface area contributed by atoms with Gasteiger partial charge in [0.2, 0.25) is 5.91 Å². The number of nitrogens with zero attached hydrogens (tertiary/aromatic N) is 2. The van der Waals surface area contributed by atoms with Crippen molar-refractivity contribution in [3.8, 4) is 11.5 Å². The first-order valence-corrected chi connectivity index (χ1v) is 17.8. The largest absolute Gasteiger partial charge is 0.497 e. The van der Waals surface area contributed by atoms with E-state index in [9.17, 15) is 9.59 Å². The molecule has 1 unspecified atom stereocenters. The van der Waals surface area contributed by atoms with Crippen molar-refractivity contribution in [1.29, 1.82) is 0 Å². The number of ether oxygens (including phenoxy) is 4. The van der Waals surface area contributed by atoms with E-state index in [-0.39, 0.29) is 31.7 Å². The molecule has 11 nitrogen and oxygen atoms in total. The van der Waals surface area contributed by atoms with Gasteiger partial charge in [0.25, 0.3) is 8.53 Å². The molecule has 3 aromatic carbocycles. The molecule has 3 aromatic rings. The number of benzene rings is 3. The highest BCUT2D eigenvalue weighted by molar-refractivity contribution is 7.44. The van der Waals surface area contributed by atoms with Gasteiger partial charge in [0.05, 0.1) is 20.8 Å². The minimum Gasteiger partial charge on any atom is -0.497 e. The summed E-state index contributed by atoms with van der Waals surface area (Å²) in [5.74, 6) is 0.922. The predicted molar refractivity (Wildman–Crippen MR) is 188 cm³/mol. The second kappa shape index (κ2) is 16.6. The van der Waals surface area contributed by atoms with Crippen LogP contribution in [0.5, 0.6) is 11.5 Å². The fourth-order valence-corrected chi connectivity index (χ4v) is 8.17. The van der Waals surface area contributed by atoms with E-state index in [0.29, 0.717) is 11.5 Å². The highest BCUT2D eigenvalue weighted by Gasteiger charge is 2.53. The van der Waals surface area contributed by atoms with Gasteiger partial charge >= 0.3 is 6.03 Å². The normalized spacial score (nSPS) is 21.9. The van der Waals surface area contributed by atoms with Crippen molar-refractivity contribution in [3.05, 3.63) is 95.6 Å². The number of carbonyl (C=O) groups is 2. The molecule has 0 saturated carbocycles. The Balaban J connectivity index is 1.58. The molecule has 3 amide bonds. The van der Waals surface area contributed by atoms with E-state index in [1.165, 1.54) is 12.0 Å². The topological polar surface area (TPSA) is 108 Å². The number of carbonyl (C=O) groups excluding carboxylic acids is 2. The Labute approximate surface area is 294 Å². The molecule has 2 aliphatic heterocycles. The molecule has 0 radical (unpaired) electrons. The Hall–Kier alpha value is -3.64. The molecule has 50 heavy (non-hydrogen) atoms. The zero-order chi connectivity index (χ0) is 36.0. The quantitative estimate of drug-likeness (QED) is 0.142. The molecule has 0 aromatic heterocycles. The van der Waals surface area contributed by atoms with Crippen molar-refractivity contribution in [3.63, 3.8) is 0 Å². The van der Waals surface area contributed by atoms with Crippen LogP contribution >= 0.6 is 8.53 Å². The number of rotatable bonds is 15. The summed E-state index contributed by atoms with van der Waals surface area (Å²) in [5.41, 5.74) is 1.19. The van der Waals surface area contributed by atoms with E-state index in [1.807, 2.05) is 111 Å². The van der Waals surface area contributed by atoms with Crippen molar-refractivity contribution < 1.29 is 42.0 Å². The Kier molecular flexibility index (Phi) is 12.5. The summed E-state index contributed by atoms with van der Waals surface area (Å²) in [4.78, 5) is 26.1. The smallest absolute Gasteiger partial charge is 0.326 e. The first-order valence-electron chi connectivity index (χ1n) is 16.7. The number of hydrogen-bond donors (Lipinski definition) is 1. The standard InChI is InChI=1S/C37H47FN3O8P/c1-24(2)41(25(3)4)50(46-7)49-34-31(48-35(33(34)38)40-22-21-32(42)39-36(40)43)23-47-37(26-11-9-8-10-12-26,27-13-17-29(44-5)18-14-27)28-15-19-30(45-6)20-16-28/h8-20,24-25,31,33-35H,21-23H2,1-7H3,(H,39,42,43)/t31-,33-,34-,35-,50?/m1/s1. The van der Waals surface area contributed by atoms with Gasteiger partial charge in [0.1, 0.15) is 29.3 Å². The van der Waals surface area contributed by atoms with Crippen molar-refractivity contribution in [2.45, 2.75) is 76.4 Å². The van der Waals surface area contributed by atoms with Gasteiger partial charge < -0.3 is 28.0 Å². The van der Waals surface area contributed by atoms with Gasteiger partial charge in [-0.25, -0.2) is 13.9 Å². The van der Waals surface area contributed by atoms with Crippen LogP contribution in [-0.4, -0.2) is 92.7 Å². The number of methoxy groups -OCH3 is 2. The van der Waals surface area contributed by atoms with Gasteiger partial charge in [-0.3, -0.25) is 15.0 Å².